The van der Waals surface area contributed by atoms with Gasteiger partial charge in [-0.3, -0.25) is 4.79 Å². The van der Waals surface area contributed by atoms with E-state index in [2.05, 4.69) is 10.1 Å². The van der Waals surface area contributed by atoms with E-state index in [-0.39, 0.29) is 23.3 Å². The third-order valence-corrected chi connectivity index (χ3v) is 3.26. The molecule has 4 nitrogen and oxygen atoms in total. The second-order valence-electron chi connectivity index (χ2n) is 4.69. The number of alkyl halides is 2. The summed E-state index contributed by atoms with van der Waals surface area (Å²) < 4.78 is 29.2. The lowest BCUT2D eigenvalue weighted by atomic mass is 10.1. The van der Waals surface area contributed by atoms with Crippen molar-refractivity contribution < 1.29 is 18.3 Å². The molecule has 0 unspecified atom stereocenters. The van der Waals surface area contributed by atoms with E-state index in [1.54, 1.807) is 17.0 Å². The molecule has 1 amide bonds. The van der Waals surface area contributed by atoms with Crippen molar-refractivity contribution in [2.45, 2.75) is 26.0 Å². The van der Waals surface area contributed by atoms with E-state index >= 15 is 0 Å². The molecule has 1 aliphatic heterocycles. The van der Waals surface area contributed by atoms with Gasteiger partial charge in [0.1, 0.15) is 5.75 Å². The molecular weight excluding hydrogens is 266 g/mol. The van der Waals surface area contributed by atoms with E-state index in [1.807, 2.05) is 6.92 Å². The van der Waals surface area contributed by atoms with Crippen molar-refractivity contribution in [1.82, 2.24) is 10.2 Å². The van der Waals surface area contributed by atoms with Crippen LogP contribution in [0.3, 0.4) is 0 Å². The highest BCUT2D eigenvalue weighted by Gasteiger charge is 2.30. The Morgan fingerprint density at radius 3 is 2.70 bits per heavy atom. The predicted octanol–water partition coefficient (Wildman–Crippen LogP) is 2.11. The van der Waals surface area contributed by atoms with Crippen molar-refractivity contribution in [2.24, 2.45) is 0 Å². The van der Waals surface area contributed by atoms with E-state index in [1.165, 1.54) is 12.1 Å². The number of carbonyl (C=O) groups is 1. The van der Waals surface area contributed by atoms with Crippen LogP contribution >= 0.6 is 0 Å². The SMILES string of the molecule is CCCN(C(=O)c1ccccc1OC(F)F)C1CNC1. The number of carbonyl (C=O) groups excluding carboxylic acids is 1. The molecule has 2 rings (SSSR count). The number of hydrogen-bond donors (Lipinski definition) is 1. The molecule has 1 N–H and O–H groups in total. The van der Waals surface area contributed by atoms with Crippen LogP contribution in [0.25, 0.3) is 0 Å². The lowest BCUT2D eigenvalue weighted by Crippen LogP contribution is -2.59. The zero-order chi connectivity index (χ0) is 14.5. The maximum Gasteiger partial charge on any atom is 0.387 e. The highest BCUT2D eigenvalue weighted by Crippen LogP contribution is 2.23. The van der Waals surface area contributed by atoms with Crippen LogP contribution in [-0.4, -0.2) is 43.1 Å². The molecule has 0 atom stereocenters. The quantitative estimate of drug-likeness (QED) is 0.870. The van der Waals surface area contributed by atoms with Gasteiger partial charge >= 0.3 is 6.61 Å². The second kappa shape index (κ2) is 6.65. The molecule has 1 fully saturated rings. The van der Waals surface area contributed by atoms with E-state index in [0.29, 0.717) is 6.54 Å². The summed E-state index contributed by atoms with van der Waals surface area (Å²) in [6.45, 7) is 1.13. The Morgan fingerprint density at radius 1 is 1.45 bits per heavy atom. The Bertz CT molecular complexity index is 464. The number of para-hydroxylation sites is 1. The zero-order valence-corrected chi connectivity index (χ0v) is 11.3. The minimum absolute atomic E-state index is 0.0686. The molecule has 110 valence electrons. The molecule has 0 bridgehead atoms. The first-order valence-electron chi connectivity index (χ1n) is 6.69. The largest absolute Gasteiger partial charge is 0.434 e. The number of amides is 1. The van der Waals surface area contributed by atoms with Gasteiger partial charge in [-0.05, 0) is 18.6 Å². The van der Waals surface area contributed by atoms with Crippen LogP contribution in [0.15, 0.2) is 24.3 Å². The molecule has 6 heteroatoms. The molecular formula is C14H18F2N2O2. The first kappa shape index (κ1) is 14.7. The third kappa shape index (κ3) is 3.25. The average Bonchev–Trinajstić information content (AvgIpc) is 2.35. The van der Waals surface area contributed by atoms with Crippen LogP contribution in [0, 0.1) is 0 Å². The van der Waals surface area contributed by atoms with E-state index in [0.717, 1.165) is 19.5 Å². The Kier molecular flexibility index (Phi) is 4.89. The van der Waals surface area contributed by atoms with Crippen LogP contribution in [0.2, 0.25) is 0 Å². The van der Waals surface area contributed by atoms with E-state index in [4.69, 9.17) is 0 Å². The number of rotatable bonds is 6. The summed E-state index contributed by atoms with van der Waals surface area (Å²) in [5.41, 5.74) is 0.188. The van der Waals surface area contributed by atoms with Crippen molar-refractivity contribution in [3.8, 4) is 5.75 Å². The van der Waals surface area contributed by atoms with Crippen molar-refractivity contribution in [1.29, 1.82) is 0 Å². The lowest BCUT2D eigenvalue weighted by molar-refractivity contribution is -0.0503. The van der Waals surface area contributed by atoms with Gasteiger partial charge < -0.3 is 15.0 Å². The van der Waals surface area contributed by atoms with Gasteiger partial charge in [0.15, 0.2) is 0 Å². The molecule has 0 aromatic heterocycles. The Labute approximate surface area is 116 Å². The third-order valence-electron chi connectivity index (χ3n) is 3.26. The first-order valence-corrected chi connectivity index (χ1v) is 6.69. The molecule has 0 saturated carbocycles. The van der Waals surface area contributed by atoms with Gasteiger partial charge in [-0.15, -0.1) is 0 Å². The minimum Gasteiger partial charge on any atom is -0.434 e. The number of nitrogens with zero attached hydrogens (tertiary/aromatic N) is 1. The molecule has 0 aliphatic carbocycles. The van der Waals surface area contributed by atoms with Gasteiger partial charge in [-0.25, -0.2) is 0 Å². The fraction of sp³-hybridized carbons (Fsp3) is 0.500. The van der Waals surface area contributed by atoms with Gasteiger partial charge in [0.2, 0.25) is 0 Å². The summed E-state index contributed by atoms with van der Waals surface area (Å²) in [5.74, 6) is -0.324. The van der Waals surface area contributed by atoms with Crippen molar-refractivity contribution in [2.75, 3.05) is 19.6 Å². The fourth-order valence-corrected chi connectivity index (χ4v) is 2.18. The number of halogens is 2. The summed E-state index contributed by atoms with van der Waals surface area (Å²) in [7, 11) is 0. The smallest absolute Gasteiger partial charge is 0.387 e. The normalized spacial score (nSPS) is 15.0. The lowest BCUT2D eigenvalue weighted by Gasteiger charge is -2.38. The number of benzene rings is 1. The van der Waals surface area contributed by atoms with Crippen LogP contribution < -0.4 is 10.1 Å². The van der Waals surface area contributed by atoms with Crippen LogP contribution in [0.5, 0.6) is 5.75 Å². The maximum absolute atomic E-state index is 12.5. The van der Waals surface area contributed by atoms with Crippen molar-refractivity contribution in [3.05, 3.63) is 29.8 Å². The molecule has 1 aromatic rings. The summed E-state index contributed by atoms with van der Waals surface area (Å²) in [4.78, 5) is 14.3. The monoisotopic (exact) mass is 284 g/mol. The molecule has 1 aliphatic rings. The van der Waals surface area contributed by atoms with Crippen LogP contribution in [0.4, 0.5) is 8.78 Å². The minimum atomic E-state index is -2.94. The first-order chi connectivity index (χ1) is 9.63. The van der Waals surface area contributed by atoms with Crippen LogP contribution in [-0.2, 0) is 0 Å². The molecule has 0 spiro atoms. The molecule has 0 radical (unpaired) electrons. The summed E-state index contributed by atoms with van der Waals surface area (Å²) in [6.07, 6.45) is 0.820. The van der Waals surface area contributed by atoms with Crippen molar-refractivity contribution in [3.63, 3.8) is 0 Å². The molecule has 1 saturated heterocycles. The van der Waals surface area contributed by atoms with Gasteiger partial charge in [-0.1, -0.05) is 19.1 Å². The highest BCUT2D eigenvalue weighted by atomic mass is 19.3. The summed E-state index contributed by atoms with van der Waals surface area (Å²) in [5, 5.41) is 3.11. The Hall–Kier alpha value is -1.69. The standard InChI is InChI=1S/C14H18F2N2O2/c1-2-7-18(10-8-17-9-10)13(19)11-5-3-4-6-12(11)20-14(15)16/h3-6,10,14,17H,2,7-9H2,1H3. The van der Waals surface area contributed by atoms with Gasteiger partial charge in [-0.2, -0.15) is 8.78 Å². The van der Waals surface area contributed by atoms with Gasteiger partial charge in [0.25, 0.3) is 5.91 Å². The van der Waals surface area contributed by atoms with Gasteiger partial charge in [0.05, 0.1) is 11.6 Å². The van der Waals surface area contributed by atoms with Crippen molar-refractivity contribution >= 4 is 5.91 Å². The number of nitrogens with one attached hydrogen (secondary N) is 1. The number of ether oxygens (including phenoxy) is 1. The van der Waals surface area contributed by atoms with Gasteiger partial charge in [0, 0.05) is 19.6 Å². The summed E-state index contributed by atoms with van der Waals surface area (Å²) >= 11 is 0. The fourth-order valence-electron chi connectivity index (χ4n) is 2.18. The van der Waals surface area contributed by atoms with E-state index < -0.39 is 6.61 Å². The zero-order valence-electron chi connectivity index (χ0n) is 11.3. The Morgan fingerprint density at radius 2 is 2.15 bits per heavy atom. The molecule has 1 aromatic carbocycles. The molecule has 20 heavy (non-hydrogen) atoms. The summed E-state index contributed by atoms with van der Waals surface area (Å²) in [6, 6.07) is 6.26. The number of hydrogen-bond acceptors (Lipinski definition) is 3. The average molecular weight is 284 g/mol. The second-order valence-corrected chi connectivity index (χ2v) is 4.69. The van der Waals surface area contributed by atoms with Crippen LogP contribution in [0.1, 0.15) is 23.7 Å². The van der Waals surface area contributed by atoms with E-state index in [9.17, 15) is 13.6 Å². The maximum atomic E-state index is 12.5. The Balaban J connectivity index is 2.21. The topological polar surface area (TPSA) is 41.6 Å². The predicted molar refractivity (Wildman–Crippen MR) is 71.1 cm³/mol. The highest BCUT2D eigenvalue weighted by molar-refractivity contribution is 5.97. The molecule has 1 heterocycles.